The molecule has 3 fully saturated rings. The number of benzene rings is 1. The van der Waals surface area contributed by atoms with E-state index < -0.39 is 5.60 Å². The van der Waals surface area contributed by atoms with Crippen LogP contribution >= 0.6 is 0 Å². The van der Waals surface area contributed by atoms with Crippen LogP contribution in [0.4, 0.5) is 10.5 Å². The standard InChI is InChI=1S/C28H43N5O4/c1-20(21-11-13-33(14-12-21)30-27(36)37-28(2,3)4)19-31-15-17-32(18-16-31)23-7-5-22(6-8-23)24-9-10-25(34)29-26(24)35/h5-8,20-21,24H,9-19H2,1-4H3,(H,30,36)(H,29,34,35)/t20-,24?/m0/s1. The topological polar surface area (TPSA) is 94.2 Å². The zero-order chi connectivity index (χ0) is 26.6. The van der Waals surface area contributed by atoms with E-state index >= 15 is 0 Å². The number of piperazine rings is 1. The predicted octanol–water partition coefficient (Wildman–Crippen LogP) is 3.12. The zero-order valence-corrected chi connectivity index (χ0v) is 22.8. The van der Waals surface area contributed by atoms with Crippen LogP contribution in [-0.4, -0.2) is 79.2 Å². The van der Waals surface area contributed by atoms with E-state index in [4.69, 9.17) is 4.74 Å². The molecule has 1 aromatic rings. The Bertz CT molecular complexity index is 944. The Balaban J connectivity index is 1.18. The first-order valence-electron chi connectivity index (χ1n) is 13.7. The van der Waals surface area contributed by atoms with Gasteiger partial charge in [0.1, 0.15) is 5.60 Å². The molecule has 0 spiro atoms. The van der Waals surface area contributed by atoms with Crippen LogP contribution in [0.1, 0.15) is 64.9 Å². The first-order chi connectivity index (χ1) is 17.6. The molecule has 3 aliphatic rings. The highest BCUT2D eigenvalue weighted by Gasteiger charge is 2.29. The molecule has 3 heterocycles. The van der Waals surface area contributed by atoms with E-state index in [1.165, 1.54) is 5.69 Å². The highest BCUT2D eigenvalue weighted by molar-refractivity contribution is 6.00. The van der Waals surface area contributed by atoms with Crippen LogP contribution in [0.25, 0.3) is 0 Å². The molecular formula is C28H43N5O4. The molecule has 2 atom stereocenters. The molecule has 4 rings (SSSR count). The second-order valence-electron chi connectivity index (χ2n) is 11.8. The van der Waals surface area contributed by atoms with Crippen LogP contribution < -0.4 is 15.6 Å². The lowest BCUT2D eigenvalue weighted by Crippen LogP contribution is -2.50. The second-order valence-corrected chi connectivity index (χ2v) is 11.8. The van der Waals surface area contributed by atoms with E-state index in [0.717, 1.165) is 64.2 Å². The fourth-order valence-corrected chi connectivity index (χ4v) is 5.68. The molecule has 3 amide bonds. The summed E-state index contributed by atoms with van der Waals surface area (Å²) in [4.78, 5) is 40.6. The Morgan fingerprint density at radius 2 is 1.68 bits per heavy atom. The number of hydrogen-bond acceptors (Lipinski definition) is 7. The van der Waals surface area contributed by atoms with Crippen molar-refractivity contribution >= 4 is 23.6 Å². The summed E-state index contributed by atoms with van der Waals surface area (Å²) in [5.74, 6) is 0.685. The monoisotopic (exact) mass is 513 g/mol. The maximum Gasteiger partial charge on any atom is 0.422 e. The third-order valence-corrected chi connectivity index (χ3v) is 7.81. The van der Waals surface area contributed by atoms with Gasteiger partial charge in [-0.3, -0.25) is 25.2 Å². The molecule has 0 bridgehead atoms. The maximum atomic E-state index is 12.2. The average Bonchev–Trinajstić information content (AvgIpc) is 2.84. The van der Waals surface area contributed by atoms with Crippen molar-refractivity contribution in [2.24, 2.45) is 11.8 Å². The van der Waals surface area contributed by atoms with E-state index in [1.54, 1.807) is 0 Å². The number of hydrazine groups is 1. The van der Waals surface area contributed by atoms with E-state index in [1.807, 2.05) is 37.9 Å². The minimum absolute atomic E-state index is 0.175. The number of nitrogens with zero attached hydrogens (tertiary/aromatic N) is 3. The van der Waals surface area contributed by atoms with Gasteiger partial charge in [-0.05, 0) is 69.6 Å². The lowest BCUT2D eigenvalue weighted by atomic mass is 9.85. The number of rotatable bonds is 6. The first-order valence-corrected chi connectivity index (χ1v) is 13.7. The number of ether oxygens (including phenoxy) is 1. The molecule has 1 unspecified atom stereocenters. The van der Waals surface area contributed by atoms with Gasteiger partial charge in [-0.15, -0.1) is 0 Å². The number of piperidine rings is 2. The van der Waals surface area contributed by atoms with E-state index in [2.05, 4.69) is 39.6 Å². The number of carbonyl (C=O) groups is 3. The lowest BCUT2D eigenvalue weighted by molar-refractivity contribution is -0.134. The average molecular weight is 514 g/mol. The normalized spacial score (nSPS) is 23.5. The van der Waals surface area contributed by atoms with Crippen LogP contribution in [-0.2, 0) is 14.3 Å². The van der Waals surface area contributed by atoms with Crippen LogP contribution in [0.3, 0.4) is 0 Å². The number of anilines is 1. The van der Waals surface area contributed by atoms with Gasteiger partial charge in [0.15, 0.2) is 0 Å². The van der Waals surface area contributed by atoms with Crippen LogP contribution in [0.5, 0.6) is 0 Å². The van der Waals surface area contributed by atoms with Gasteiger partial charge in [-0.2, -0.15) is 0 Å². The second kappa shape index (κ2) is 11.8. The van der Waals surface area contributed by atoms with Crippen molar-refractivity contribution in [3.8, 4) is 0 Å². The Morgan fingerprint density at radius 1 is 1.03 bits per heavy atom. The van der Waals surface area contributed by atoms with E-state index in [-0.39, 0.29) is 23.8 Å². The van der Waals surface area contributed by atoms with Crippen molar-refractivity contribution in [2.45, 2.75) is 64.9 Å². The predicted molar refractivity (Wildman–Crippen MR) is 143 cm³/mol. The molecule has 0 aromatic heterocycles. The number of carbonyl (C=O) groups excluding carboxylic acids is 3. The maximum absolute atomic E-state index is 12.2. The molecule has 9 heteroatoms. The molecule has 3 aliphatic heterocycles. The van der Waals surface area contributed by atoms with Crippen molar-refractivity contribution in [1.29, 1.82) is 0 Å². The van der Waals surface area contributed by atoms with Crippen LogP contribution in [0.15, 0.2) is 24.3 Å². The lowest BCUT2D eigenvalue weighted by Gasteiger charge is -2.40. The minimum atomic E-state index is -0.486. The van der Waals surface area contributed by atoms with Gasteiger partial charge in [-0.25, -0.2) is 9.80 Å². The number of imide groups is 1. The molecule has 9 nitrogen and oxygen atoms in total. The van der Waals surface area contributed by atoms with E-state index in [9.17, 15) is 14.4 Å². The van der Waals surface area contributed by atoms with Crippen molar-refractivity contribution in [2.75, 3.05) is 50.7 Å². The molecular weight excluding hydrogens is 470 g/mol. The fraction of sp³-hybridized carbons (Fsp3) is 0.679. The Kier molecular flexibility index (Phi) is 8.75. The van der Waals surface area contributed by atoms with Crippen molar-refractivity contribution in [3.63, 3.8) is 0 Å². The Morgan fingerprint density at radius 3 is 2.27 bits per heavy atom. The number of nitrogens with one attached hydrogen (secondary N) is 2. The molecule has 1 aromatic carbocycles. The van der Waals surface area contributed by atoms with Gasteiger partial charge in [0.2, 0.25) is 11.8 Å². The summed E-state index contributed by atoms with van der Waals surface area (Å²) in [5.41, 5.74) is 4.57. The number of hydrogen-bond donors (Lipinski definition) is 2. The fourth-order valence-electron chi connectivity index (χ4n) is 5.68. The third-order valence-electron chi connectivity index (χ3n) is 7.81. The van der Waals surface area contributed by atoms with E-state index in [0.29, 0.717) is 24.7 Å². The highest BCUT2D eigenvalue weighted by atomic mass is 16.6. The van der Waals surface area contributed by atoms with Gasteiger partial charge in [0, 0.05) is 57.9 Å². The summed E-state index contributed by atoms with van der Waals surface area (Å²) in [6.45, 7) is 14.9. The molecule has 2 N–H and O–H groups in total. The summed E-state index contributed by atoms with van der Waals surface area (Å²) in [6, 6.07) is 8.29. The first kappa shape index (κ1) is 27.4. The van der Waals surface area contributed by atoms with Crippen molar-refractivity contribution < 1.29 is 19.1 Å². The smallest absolute Gasteiger partial charge is 0.422 e. The zero-order valence-electron chi connectivity index (χ0n) is 22.8. The largest absolute Gasteiger partial charge is 0.443 e. The quantitative estimate of drug-likeness (QED) is 0.565. The molecule has 37 heavy (non-hydrogen) atoms. The Hall–Kier alpha value is -2.65. The molecule has 0 radical (unpaired) electrons. The third kappa shape index (κ3) is 7.68. The summed E-state index contributed by atoms with van der Waals surface area (Å²) >= 11 is 0. The molecule has 0 saturated carbocycles. The minimum Gasteiger partial charge on any atom is -0.443 e. The van der Waals surface area contributed by atoms with Crippen LogP contribution in [0, 0.1) is 11.8 Å². The van der Waals surface area contributed by atoms with Gasteiger partial charge >= 0.3 is 6.09 Å². The Labute approximate surface area is 220 Å². The van der Waals surface area contributed by atoms with Crippen molar-refractivity contribution in [1.82, 2.24) is 20.7 Å². The van der Waals surface area contributed by atoms with Crippen LogP contribution in [0.2, 0.25) is 0 Å². The summed E-state index contributed by atoms with van der Waals surface area (Å²) in [5, 5.41) is 4.44. The highest BCUT2D eigenvalue weighted by Crippen LogP contribution is 2.28. The summed E-state index contributed by atoms with van der Waals surface area (Å²) in [6.07, 6.45) is 2.77. The molecule has 204 valence electrons. The van der Waals surface area contributed by atoms with Gasteiger partial charge in [0.25, 0.3) is 0 Å². The molecule has 3 saturated heterocycles. The van der Waals surface area contributed by atoms with Gasteiger partial charge < -0.3 is 9.64 Å². The number of amides is 3. The van der Waals surface area contributed by atoms with Crippen molar-refractivity contribution in [3.05, 3.63) is 29.8 Å². The van der Waals surface area contributed by atoms with Gasteiger partial charge in [0.05, 0.1) is 5.92 Å². The summed E-state index contributed by atoms with van der Waals surface area (Å²) < 4.78 is 5.37. The summed E-state index contributed by atoms with van der Waals surface area (Å²) in [7, 11) is 0. The van der Waals surface area contributed by atoms with Gasteiger partial charge in [-0.1, -0.05) is 19.1 Å². The SMILES string of the molecule is C[C@@H](CN1CCN(c2ccc(C3CCC(=O)NC3=O)cc2)CC1)C1CCN(NC(=O)OC(C)(C)C)CC1. The molecule has 0 aliphatic carbocycles.